The number of hydrogen-bond donors (Lipinski definition) is 1. The van der Waals surface area contributed by atoms with Gasteiger partial charge in [0.25, 0.3) is 0 Å². The lowest BCUT2D eigenvalue weighted by molar-refractivity contribution is 0.394. The molecule has 0 spiro atoms. The van der Waals surface area contributed by atoms with Gasteiger partial charge in [-0.2, -0.15) is 0 Å². The standard InChI is InChI=1S/C15H20N2O3/c1-4-5-16-10-15-17-9-14(20-15)11-6-12(18-2)8-13(7-11)19-3/h6-9,16H,4-5,10H2,1-3H3. The van der Waals surface area contributed by atoms with E-state index in [1.807, 2.05) is 18.2 Å². The predicted octanol–water partition coefficient (Wildman–Crippen LogP) is 2.86. The van der Waals surface area contributed by atoms with Crippen LogP contribution in [0.15, 0.2) is 28.8 Å². The summed E-state index contributed by atoms with van der Waals surface area (Å²) in [5, 5.41) is 3.26. The van der Waals surface area contributed by atoms with Gasteiger partial charge in [0, 0.05) is 11.6 Å². The monoisotopic (exact) mass is 276 g/mol. The van der Waals surface area contributed by atoms with Crippen LogP contribution < -0.4 is 14.8 Å². The molecule has 5 heteroatoms. The first-order valence-electron chi connectivity index (χ1n) is 6.65. The smallest absolute Gasteiger partial charge is 0.208 e. The van der Waals surface area contributed by atoms with Crippen LogP contribution in [0.2, 0.25) is 0 Å². The number of hydrogen-bond acceptors (Lipinski definition) is 5. The fraction of sp³-hybridized carbons (Fsp3) is 0.400. The Bertz CT molecular complexity index is 530. The second kappa shape index (κ2) is 6.96. The molecular formula is C15H20N2O3. The van der Waals surface area contributed by atoms with Crippen LogP contribution in [0.3, 0.4) is 0 Å². The molecule has 0 amide bonds. The van der Waals surface area contributed by atoms with Gasteiger partial charge in [0.05, 0.1) is 27.0 Å². The van der Waals surface area contributed by atoms with Crippen molar-refractivity contribution in [1.82, 2.24) is 10.3 Å². The average Bonchev–Trinajstić information content (AvgIpc) is 2.96. The van der Waals surface area contributed by atoms with Crippen LogP contribution in [-0.2, 0) is 6.54 Å². The average molecular weight is 276 g/mol. The number of nitrogens with one attached hydrogen (secondary N) is 1. The second-order valence-corrected chi connectivity index (χ2v) is 4.40. The Balaban J connectivity index is 2.18. The van der Waals surface area contributed by atoms with Gasteiger partial charge in [-0.3, -0.25) is 0 Å². The molecule has 2 rings (SSSR count). The van der Waals surface area contributed by atoms with Gasteiger partial charge in [0.1, 0.15) is 11.5 Å². The first-order valence-corrected chi connectivity index (χ1v) is 6.65. The molecule has 5 nitrogen and oxygen atoms in total. The third kappa shape index (κ3) is 3.51. The van der Waals surface area contributed by atoms with Crippen LogP contribution in [0.4, 0.5) is 0 Å². The van der Waals surface area contributed by atoms with Crippen molar-refractivity contribution in [3.8, 4) is 22.8 Å². The summed E-state index contributed by atoms with van der Waals surface area (Å²) < 4.78 is 16.2. The van der Waals surface area contributed by atoms with Crippen molar-refractivity contribution in [2.24, 2.45) is 0 Å². The Morgan fingerprint density at radius 2 is 1.85 bits per heavy atom. The fourth-order valence-corrected chi connectivity index (χ4v) is 1.85. The molecule has 20 heavy (non-hydrogen) atoms. The molecular weight excluding hydrogens is 256 g/mol. The summed E-state index contributed by atoms with van der Waals surface area (Å²) in [7, 11) is 3.25. The number of methoxy groups -OCH3 is 2. The Kier molecular flexibility index (Phi) is 5.01. The summed E-state index contributed by atoms with van der Waals surface area (Å²) >= 11 is 0. The van der Waals surface area contributed by atoms with Crippen molar-refractivity contribution in [1.29, 1.82) is 0 Å². The summed E-state index contributed by atoms with van der Waals surface area (Å²) in [4.78, 5) is 4.26. The number of rotatable bonds is 7. The lowest BCUT2D eigenvalue weighted by Gasteiger charge is -2.06. The van der Waals surface area contributed by atoms with Crippen molar-refractivity contribution in [2.75, 3.05) is 20.8 Å². The minimum absolute atomic E-state index is 0.634. The van der Waals surface area contributed by atoms with Gasteiger partial charge >= 0.3 is 0 Å². The van der Waals surface area contributed by atoms with Crippen LogP contribution in [0.25, 0.3) is 11.3 Å². The highest BCUT2D eigenvalue weighted by Gasteiger charge is 2.09. The Morgan fingerprint density at radius 1 is 1.15 bits per heavy atom. The normalized spacial score (nSPS) is 10.6. The van der Waals surface area contributed by atoms with Crippen molar-refractivity contribution in [3.05, 3.63) is 30.3 Å². The molecule has 0 aliphatic rings. The van der Waals surface area contributed by atoms with Crippen molar-refractivity contribution >= 4 is 0 Å². The third-order valence-corrected chi connectivity index (χ3v) is 2.89. The van der Waals surface area contributed by atoms with E-state index in [4.69, 9.17) is 13.9 Å². The molecule has 0 aliphatic heterocycles. The van der Waals surface area contributed by atoms with Gasteiger partial charge in [-0.05, 0) is 25.1 Å². The van der Waals surface area contributed by atoms with Crippen molar-refractivity contribution in [3.63, 3.8) is 0 Å². The van der Waals surface area contributed by atoms with Gasteiger partial charge in [-0.1, -0.05) is 6.92 Å². The quantitative estimate of drug-likeness (QED) is 0.788. The second-order valence-electron chi connectivity index (χ2n) is 4.40. The van der Waals surface area contributed by atoms with Gasteiger partial charge in [-0.15, -0.1) is 0 Å². The van der Waals surface area contributed by atoms with E-state index in [9.17, 15) is 0 Å². The molecule has 1 aromatic carbocycles. The fourth-order valence-electron chi connectivity index (χ4n) is 1.85. The van der Waals surface area contributed by atoms with E-state index < -0.39 is 0 Å². The summed E-state index contributed by atoms with van der Waals surface area (Å²) in [6.45, 7) is 3.70. The number of nitrogens with zero attached hydrogens (tertiary/aromatic N) is 1. The Morgan fingerprint density at radius 3 is 2.45 bits per heavy atom. The van der Waals surface area contributed by atoms with Gasteiger partial charge < -0.3 is 19.2 Å². The van der Waals surface area contributed by atoms with E-state index in [1.165, 1.54) is 0 Å². The maximum absolute atomic E-state index is 5.73. The highest BCUT2D eigenvalue weighted by molar-refractivity contribution is 5.61. The van der Waals surface area contributed by atoms with E-state index in [0.717, 1.165) is 30.0 Å². The molecule has 2 aromatic rings. The minimum atomic E-state index is 0.634. The minimum Gasteiger partial charge on any atom is -0.497 e. The van der Waals surface area contributed by atoms with Crippen molar-refractivity contribution in [2.45, 2.75) is 19.9 Å². The Hall–Kier alpha value is -2.01. The molecule has 0 unspecified atom stereocenters. The summed E-state index contributed by atoms with van der Waals surface area (Å²) in [5.74, 6) is 2.83. The molecule has 0 fully saturated rings. The van der Waals surface area contributed by atoms with Gasteiger partial charge in [-0.25, -0.2) is 4.98 Å². The number of ether oxygens (including phenoxy) is 2. The summed E-state index contributed by atoms with van der Waals surface area (Å²) in [6, 6.07) is 5.61. The molecule has 0 atom stereocenters. The first-order chi connectivity index (χ1) is 9.76. The maximum atomic E-state index is 5.73. The molecule has 0 saturated carbocycles. The van der Waals surface area contributed by atoms with Gasteiger partial charge in [0.2, 0.25) is 5.89 Å². The van der Waals surface area contributed by atoms with Gasteiger partial charge in [0.15, 0.2) is 5.76 Å². The zero-order chi connectivity index (χ0) is 14.4. The molecule has 108 valence electrons. The third-order valence-electron chi connectivity index (χ3n) is 2.89. The van der Waals surface area contributed by atoms with E-state index in [1.54, 1.807) is 20.4 Å². The number of aromatic nitrogens is 1. The highest BCUT2D eigenvalue weighted by atomic mass is 16.5. The largest absolute Gasteiger partial charge is 0.497 e. The van der Waals surface area contributed by atoms with Crippen LogP contribution in [0.1, 0.15) is 19.2 Å². The predicted molar refractivity (Wildman–Crippen MR) is 77.0 cm³/mol. The van der Waals surface area contributed by atoms with Crippen LogP contribution in [-0.4, -0.2) is 25.7 Å². The topological polar surface area (TPSA) is 56.5 Å². The van der Waals surface area contributed by atoms with E-state index in [-0.39, 0.29) is 0 Å². The van der Waals surface area contributed by atoms with E-state index >= 15 is 0 Å². The lowest BCUT2D eigenvalue weighted by atomic mass is 10.1. The molecule has 1 heterocycles. The lowest BCUT2D eigenvalue weighted by Crippen LogP contribution is -2.13. The molecule has 1 N–H and O–H groups in total. The summed E-state index contributed by atoms with van der Waals surface area (Å²) in [6.07, 6.45) is 2.80. The zero-order valence-corrected chi connectivity index (χ0v) is 12.1. The van der Waals surface area contributed by atoms with Crippen molar-refractivity contribution < 1.29 is 13.9 Å². The maximum Gasteiger partial charge on any atom is 0.208 e. The number of oxazole rings is 1. The van der Waals surface area contributed by atoms with E-state index in [2.05, 4.69) is 17.2 Å². The van der Waals surface area contributed by atoms with Crippen LogP contribution in [0, 0.1) is 0 Å². The molecule has 0 radical (unpaired) electrons. The SMILES string of the molecule is CCCNCc1ncc(-c2cc(OC)cc(OC)c2)o1. The van der Waals surface area contributed by atoms with E-state index in [0.29, 0.717) is 18.2 Å². The van der Waals surface area contributed by atoms with Crippen LogP contribution >= 0.6 is 0 Å². The molecule has 0 saturated heterocycles. The van der Waals surface area contributed by atoms with Crippen LogP contribution in [0.5, 0.6) is 11.5 Å². The molecule has 0 bridgehead atoms. The summed E-state index contributed by atoms with van der Waals surface area (Å²) in [5.41, 5.74) is 0.885. The Labute approximate surface area is 118 Å². The molecule has 1 aromatic heterocycles. The number of benzene rings is 1. The highest BCUT2D eigenvalue weighted by Crippen LogP contribution is 2.30. The zero-order valence-electron chi connectivity index (χ0n) is 12.1. The first kappa shape index (κ1) is 14.4. The molecule has 0 aliphatic carbocycles.